The number of hydrogen-bond donors (Lipinski definition) is 1. The predicted octanol–water partition coefficient (Wildman–Crippen LogP) is 2.66. The third kappa shape index (κ3) is 2.71. The number of benzene rings is 1. The number of hydrogen-bond acceptors (Lipinski definition) is 3. The van der Waals surface area contributed by atoms with Gasteiger partial charge in [0.1, 0.15) is 17.3 Å². The van der Waals surface area contributed by atoms with Crippen molar-refractivity contribution in [2.45, 2.75) is 0 Å². The van der Waals surface area contributed by atoms with Crippen molar-refractivity contribution in [3.8, 4) is 0 Å². The van der Waals surface area contributed by atoms with Crippen molar-refractivity contribution in [3.05, 3.63) is 60.2 Å². The third-order valence-corrected chi connectivity index (χ3v) is 4.35. The molecule has 4 rings (SSSR count). The summed E-state index contributed by atoms with van der Waals surface area (Å²) in [7, 11) is 0. The molecule has 3 aromatic rings. The van der Waals surface area contributed by atoms with E-state index in [0.29, 0.717) is 24.2 Å². The second-order valence-electron chi connectivity index (χ2n) is 5.88. The standard InChI is InChI=1S/C18H17FN4O/c19-14-4-5-15-13(11-14)12-16(21-15)18(24)23-9-7-22(8-10-23)17-3-1-2-6-20-17/h1-6,11-12,21H,7-10H2. The summed E-state index contributed by atoms with van der Waals surface area (Å²) in [5.41, 5.74) is 1.27. The molecule has 24 heavy (non-hydrogen) atoms. The normalized spacial score (nSPS) is 15.0. The van der Waals surface area contributed by atoms with Crippen molar-refractivity contribution in [2.24, 2.45) is 0 Å². The molecule has 1 aliphatic heterocycles. The highest BCUT2D eigenvalue weighted by atomic mass is 19.1. The molecule has 2 aromatic heterocycles. The Morgan fingerprint density at radius 3 is 2.67 bits per heavy atom. The van der Waals surface area contributed by atoms with Crippen LogP contribution in [0.15, 0.2) is 48.7 Å². The molecule has 0 aliphatic carbocycles. The number of aromatic nitrogens is 2. The van der Waals surface area contributed by atoms with E-state index in [1.807, 2.05) is 23.1 Å². The number of anilines is 1. The zero-order chi connectivity index (χ0) is 16.5. The molecule has 0 spiro atoms. The van der Waals surface area contributed by atoms with Gasteiger partial charge in [-0.2, -0.15) is 0 Å². The molecule has 1 aliphatic rings. The lowest BCUT2D eigenvalue weighted by Gasteiger charge is -2.35. The van der Waals surface area contributed by atoms with Gasteiger partial charge in [0, 0.05) is 43.3 Å². The van der Waals surface area contributed by atoms with Crippen LogP contribution in [0.2, 0.25) is 0 Å². The predicted molar refractivity (Wildman–Crippen MR) is 90.6 cm³/mol. The number of amides is 1. The van der Waals surface area contributed by atoms with Crippen LogP contribution in [0.5, 0.6) is 0 Å². The van der Waals surface area contributed by atoms with E-state index >= 15 is 0 Å². The minimum atomic E-state index is -0.301. The van der Waals surface area contributed by atoms with Gasteiger partial charge in [-0.3, -0.25) is 4.79 Å². The van der Waals surface area contributed by atoms with E-state index in [-0.39, 0.29) is 11.7 Å². The Bertz CT molecular complexity index is 869. The number of aromatic amines is 1. The summed E-state index contributed by atoms with van der Waals surface area (Å²) in [5, 5.41) is 0.713. The molecule has 6 heteroatoms. The zero-order valence-corrected chi connectivity index (χ0v) is 13.1. The fourth-order valence-electron chi connectivity index (χ4n) is 3.07. The lowest BCUT2D eigenvalue weighted by Crippen LogP contribution is -2.49. The molecule has 0 radical (unpaired) electrons. The Morgan fingerprint density at radius 2 is 1.92 bits per heavy atom. The zero-order valence-electron chi connectivity index (χ0n) is 13.1. The highest BCUT2D eigenvalue weighted by molar-refractivity contribution is 5.98. The highest BCUT2D eigenvalue weighted by Crippen LogP contribution is 2.19. The first-order valence-corrected chi connectivity index (χ1v) is 7.94. The largest absolute Gasteiger partial charge is 0.353 e. The highest BCUT2D eigenvalue weighted by Gasteiger charge is 2.23. The minimum Gasteiger partial charge on any atom is -0.353 e. The Kier molecular flexibility index (Phi) is 3.65. The number of nitrogens with zero attached hydrogens (tertiary/aromatic N) is 3. The summed E-state index contributed by atoms with van der Waals surface area (Å²) < 4.78 is 13.3. The molecule has 0 saturated carbocycles. The second kappa shape index (κ2) is 5.96. The van der Waals surface area contributed by atoms with Gasteiger partial charge in [-0.1, -0.05) is 6.07 Å². The van der Waals surface area contributed by atoms with Crippen molar-refractivity contribution in [2.75, 3.05) is 31.1 Å². The Morgan fingerprint density at radius 1 is 1.08 bits per heavy atom. The molecule has 0 unspecified atom stereocenters. The van der Waals surface area contributed by atoms with Gasteiger partial charge in [-0.25, -0.2) is 9.37 Å². The molecule has 1 fully saturated rings. The molecule has 122 valence electrons. The van der Waals surface area contributed by atoms with Gasteiger partial charge in [-0.15, -0.1) is 0 Å². The van der Waals surface area contributed by atoms with Crippen LogP contribution in [-0.2, 0) is 0 Å². The number of pyridine rings is 1. The van der Waals surface area contributed by atoms with Crippen molar-refractivity contribution in [3.63, 3.8) is 0 Å². The summed E-state index contributed by atoms with van der Waals surface area (Å²) in [4.78, 5) is 24.1. The van der Waals surface area contributed by atoms with Crippen LogP contribution in [0, 0.1) is 5.82 Å². The molecule has 0 atom stereocenters. The molecule has 1 saturated heterocycles. The smallest absolute Gasteiger partial charge is 0.270 e. The van der Waals surface area contributed by atoms with Gasteiger partial charge in [-0.05, 0) is 36.4 Å². The number of halogens is 1. The van der Waals surface area contributed by atoms with Crippen LogP contribution < -0.4 is 4.90 Å². The van der Waals surface area contributed by atoms with E-state index in [0.717, 1.165) is 24.4 Å². The first-order chi connectivity index (χ1) is 11.7. The Balaban J connectivity index is 1.47. The molecule has 1 N–H and O–H groups in total. The third-order valence-electron chi connectivity index (χ3n) is 4.35. The van der Waals surface area contributed by atoms with E-state index < -0.39 is 0 Å². The summed E-state index contributed by atoms with van der Waals surface area (Å²) in [6.45, 7) is 2.77. The van der Waals surface area contributed by atoms with Crippen molar-refractivity contribution in [1.82, 2.24) is 14.9 Å². The molecule has 3 heterocycles. The maximum absolute atomic E-state index is 13.3. The van der Waals surface area contributed by atoms with Gasteiger partial charge in [0.2, 0.25) is 0 Å². The topological polar surface area (TPSA) is 52.2 Å². The van der Waals surface area contributed by atoms with Gasteiger partial charge >= 0.3 is 0 Å². The lowest BCUT2D eigenvalue weighted by molar-refractivity contribution is 0.0741. The van der Waals surface area contributed by atoms with Gasteiger partial charge in [0.15, 0.2) is 0 Å². The second-order valence-corrected chi connectivity index (χ2v) is 5.88. The van der Waals surface area contributed by atoms with Crippen LogP contribution in [-0.4, -0.2) is 47.0 Å². The number of fused-ring (bicyclic) bond motifs is 1. The molecule has 1 amide bonds. The maximum atomic E-state index is 13.3. The number of carbonyl (C=O) groups is 1. The molecule has 0 bridgehead atoms. The average molecular weight is 324 g/mol. The SMILES string of the molecule is O=C(c1cc2cc(F)ccc2[nH]1)N1CCN(c2ccccn2)CC1. The summed E-state index contributed by atoms with van der Waals surface area (Å²) in [6.07, 6.45) is 1.77. The molecule has 1 aromatic carbocycles. The van der Waals surface area contributed by atoms with E-state index in [4.69, 9.17) is 0 Å². The summed E-state index contributed by atoms with van der Waals surface area (Å²) in [5.74, 6) is 0.586. The number of carbonyl (C=O) groups excluding carboxylic acids is 1. The van der Waals surface area contributed by atoms with Gasteiger partial charge in [0.25, 0.3) is 5.91 Å². The van der Waals surface area contributed by atoms with E-state index in [1.54, 1.807) is 18.3 Å². The first kappa shape index (κ1) is 14.7. The van der Waals surface area contributed by atoms with Crippen LogP contribution in [0.3, 0.4) is 0 Å². The average Bonchev–Trinajstić information content (AvgIpc) is 3.05. The lowest BCUT2D eigenvalue weighted by atomic mass is 10.2. The molecular weight excluding hydrogens is 307 g/mol. The Hall–Kier alpha value is -2.89. The monoisotopic (exact) mass is 324 g/mol. The summed E-state index contributed by atoms with van der Waals surface area (Å²) >= 11 is 0. The molecular formula is C18H17FN4O. The van der Waals surface area contributed by atoms with Crippen LogP contribution in [0.25, 0.3) is 10.9 Å². The number of nitrogens with one attached hydrogen (secondary N) is 1. The van der Waals surface area contributed by atoms with Gasteiger partial charge in [0.05, 0.1) is 0 Å². The van der Waals surface area contributed by atoms with Crippen LogP contribution >= 0.6 is 0 Å². The fourth-order valence-corrected chi connectivity index (χ4v) is 3.07. The maximum Gasteiger partial charge on any atom is 0.270 e. The first-order valence-electron chi connectivity index (χ1n) is 7.94. The van der Waals surface area contributed by atoms with E-state index in [1.165, 1.54) is 12.1 Å². The number of rotatable bonds is 2. The van der Waals surface area contributed by atoms with E-state index in [9.17, 15) is 9.18 Å². The minimum absolute atomic E-state index is 0.0488. The van der Waals surface area contributed by atoms with Crippen LogP contribution in [0.4, 0.5) is 10.2 Å². The quantitative estimate of drug-likeness (QED) is 0.788. The van der Waals surface area contributed by atoms with Gasteiger partial charge < -0.3 is 14.8 Å². The van der Waals surface area contributed by atoms with Crippen molar-refractivity contribution < 1.29 is 9.18 Å². The molecule has 5 nitrogen and oxygen atoms in total. The van der Waals surface area contributed by atoms with Crippen molar-refractivity contribution >= 4 is 22.6 Å². The van der Waals surface area contributed by atoms with Crippen molar-refractivity contribution in [1.29, 1.82) is 0 Å². The number of piperazine rings is 1. The Labute approximate surface area is 138 Å². The summed E-state index contributed by atoms with van der Waals surface area (Å²) in [6, 6.07) is 12.0. The van der Waals surface area contributed by atoms with Crippen LogP contribution in [0.1, 0.15) is 10.5 Å². The number of H-pyrrole nitrogens is 1. The van der Waals surface area contributed by atoms with E-state index in [2.05, 4.69) is 14.9 Å². The fraction of sp³-hybridized carbons (Fsp3) is 0.222.